The van der Waals surface area contributed by atoms with Crippen molar-refractivity contribution in [1.82, 2.24) is 19.9 Å². The van der Waals surface area contributed by atoms with Gasteiger partial charge in [0.25, 0.3) is 5.91 Å². The minimum absolute atomic E-state index is 0.126. The van der Waals surface area contributed by atoms with Crippen molar-refractivity contribution in [2.75, 3.05) is 12.3 Å². The number of nitrogen functional groups attached to an aromatic ring is 1. The summed E-state index contributed by atoms with van der Waals surface area (Å²) >= 11 is 0. The fraction of sp³-hybridized carbons (Fsp3) is 0.174. The summed E-state index contributed by atoms with van der Waals surface area (Å²) in [5, 5.41) is 16.9. The molecule has 2 heterocycles. The minimum Gasteiger partial charge on any atom is -0.388 e. The Morgan fingerprint density at radius 1 is 1.12 bits per heavy atom. The molecule has 0 saturated carbocycles. The van der Waals surface area contributed by atoms with Crippen LogP contribution >= 0.6 is 0 Å². The van der Waals surface area contributed by atoms with E-state index in [1.165, 1.54) is 6.07 Å². The van der Waals surface area contributed by atoms with E-state index in [0.29, 0.717) is 12.0 Å². The number of carbonyl (C=O) groups is 1. The number of nitrogens with zero attached hydrogens (tertiary/aromatic N) is 3. The van der Waals surface area contributed by atoms with Crippen LogP contribution < -0.4 is 11.1 Å². The molecular formula is C23H20F3N5O2. The Labute approximate surface area is 186 Å². The molecule has 1 atom stereocenters. The average Bonchev–Trinajstić information content (AvgIpc) is 3.21. The summed E-state index contributed by atoms with van der Waals surface area (Å²) in [4.78, 5) is 16.3. The number of aromatic nitrogens is 3. The van der Waals surface area contributed by atoms with Crippen molar-refractivity contribution in [3.8, 4) is 11.3 Å². The maximum Gasteiger partial charge on any atom is 0.418 e. The first-order valence-corrected chi connectivity index (χ1v) is 10.1. The van der Waals surface area contributed by atoms with E-state index in [0.717, 1.165) is 22.5 Å². The smallest absolute Gasteiger partial charge is 0.388 e. The maximum atomic E-state index is 13.6. The van der Waals surface area contributed by atoms with Crippen LogP contribution in [-0.4, -0.2) is 32.2 Å². The molecule has 4 N–H and O–H groups in total. The molecule has 0 aliphatic rings. The van der Waals surface area contributed by atoms with Gasteiger partial charge in [0.2, 0.25) is 0 Å². The Hall–Kier alpha value is -3.92. The molecular weight excluding hydrogens is 435 g/mol. The predicted molar refractivity (Wildman–Crippen MR) is 116 cm³/mol. The van der Waals surface area contributed by atoms with Gasteiger partial charge in [-0.3, -0.25) is 4.79 Å². The van der Waals surface area contributed by atoms with Crippen LogP contribution in [0.3, 0.4) is 0 Å². The number of fused-ring (bicyclic) bond motifs is 1. The summed E-state index contributed by atoms with van der Waals surface area (Å²) in [7, 11) is 0. The monoisotopic (exact) mass is 455 g/mol. The molecule has 1 unspecified atom stereocenters. The Kier molecular flexibility index (Phi) is 6.01. The van der Waals surface area contributed by atoms with Crippen LogP contribution in [0.2, 0.25) is 0 Å². The van der Waals surface area contributed by atoms with Crippen LogP contribution in [0, 0.1) is 0 Å². The van der Waals surface area contributed by atoms with Crippen molar-refractivity contribution in [1.29, 1.82) is 0 Å². The molecule has 1 amide bonds. The third-order valence-corrected chi connectivity index (χ3v) is 5.20. The number of benzene rings is 2. The van der Waals surface area contributed by atoms with E-state index in [2.05, 4.69) is 15.4 Å². The molecule has 10 heteroatoms. The topological polar surface area (TPSA) is 106 Å². The molecule has 0 radical (unpaired) electrons. The lowest BCUT2D eigenvalue weighted by Crippen LogP contribution is -2.25. The van der Waals surface area contributed by atoms with Gasteiger partial charge in [-0.05, 0) is 30.2 Å². The number of rotatable bonds is 6. The van der Waals surface area contributed by atoms with Gasteiger partial charge in [0, 0.05) is 17.7 Å². The number of amides is 1. The molecule has 0 aliphatic heterocycles. The maximum absolute atomic E-state index is 13.6. The Morgan fingerprint density at radius 3 is 2.61 bits per heavy atom. The van der Waals surface area contributed by atoms with E-state index in [4.69, 9.17) is 5.73 Å². The molecule has 4 aromatic rings. The number of aliphatic hydroxyl groups is 1. The van der Waals surface area contributed by atoms with Gasteiger partial charge in [0.05, 0.1) is 17.4 Å². The summed E-state index contributed by atoms with van der Waals surface area (Å²) in [5.41, 5.74) is 5.87. The third-order valence-electron chi connectivity index (χ3n) is 5.20. The van der Waals surface area contributed by atoms with E-state index < -0.39 is 23.8 Å². The Bertz CT molecular complexity index is 1290. The fourth-order valence-electron chi connectivity index (χ4n) is 3.58. The van der Waals surface area contributed by atoms with E-state index in [-0.39, 0.29) is 29.1 Å². The summed E-state index contributed by atoms with van der Waals surface area (Å²) in [5.74, 6) is -0.711. The summed E-state index contributed by atoms with van der Waals surface area (Å²) in [6.07, 6.45) is -4.00. The largest absolute Gasteiger partial charge is 0.418 e. The SMILES string of the molecule is Nc1ncnn2c(-c3cccc(C(=O)NCCC(O)c4ccccc4)c3)cc(C(F)(F)F)c12. The predicted octanol–water partition coefficient (Wildman–Crippen LogP) is 3.85. The highest BCUT2D eigenvalue weighted by molar-refractivity contribution is 5.95. The molecule has 0 fully saturated rings. The lowest BCUT2D eigenvalue weighted by molar-refractivity contribution is -0.136. The number of halogens is 3. The van der Waals surface area contributed by atoms with Crippen LogP contribution in [0.1, 0.15) is 34.0 Å². The molecule has 33 heavy (non-hydrogen) atoms. The number of hydrogen-bond acceptors (Lipinski definition) is 5. The summed E-state index contributed by atoms with van der Waals surface area (Å²) < 4.78 is 41.7. The number of carbonyl (C=O) groups excluding carboxylic acids is 1. The fourth-order valence-corrected chi connectivity index (χ4v) is 3.58. The molecule has 2 aromatic heterocycles. The van der Waals surface area contributed by atoms with E-state index in [1.807, 2.05) is 18.2 Å². The first-order valence-electron chi connectivity index (χ1n) is 10.1. The van der Waals surface area contributed by atoms with Crippen molar-refractivity contribution in [2.24, 2.45) is 0 Å². The van der Waals surface area contributed by atoms with E-state index in [9.17, 15) is 23.1 Å². The highest BCUT2D eigenvalue weighted by Gasteiger charge is 2.36. The van der Waals surface area contributed by atoms with Gasteiger partial charge >= 0.3 is 6.18 Å². The third kappa shape index (κ3) is 4.65. The van der Waals surface area contributed by atoms with Crippen LogP contribution in [0.15, 0.2) is 67.0 Å². The van der Waals surface area contributed by atoms with Crippen molar-refractivity contribution >= 4 is 17.2 Å². The highest BCUT2D eigenvalue weighted by atomic mass is 19.4. The van der Waals surface area contributed by atoms with Crippen LogP contribution in [-0.2, 0) is 6.18 Å². The van der Waals surface area contributed by atoms with Gasteiger partial charge in [-0.1, -0.05) is 42.5 Å². The van der Waals surface area contributed by atoms with Gasteiger partial charge in [0.1, 0.15) is 11.8 Å². The Balaban J connectivity index is 1.55. The molecule has 0 aliphatic carbocycles. The molecule has 0 saturated heterocycles. The second-order valence-corrected chi connectivity index (χ2v) is 7.40. The highest BCUT2D eigenvalue weighted by Crippen LogP contribution is 2.38. The molecule has 4 rings (SSSR count). The zero-order valence-electron chi connectivity index (χ0n) is 17.3. The van der Waals surface area contributed by atoms with Crippen LogP contribution in [0.5, 0.6) is 0 Å². The van der Waals surface area contributed by atoms with Crippen molar-refractivity contribution < 1.29 is 23.1 Å². The van der Waals surface area contributed by atoms with Crippen molar-refractivity contribution in [3.63, 3.8) is 0 Å². The molecule has 2 aromatic carbocycles. The van der Waals surface area contributed by atoms with Gasteiger partial charge in [-0.2, -0.15) is 18.3 Å². The second kappa shape index (κ2) is 8.91. The molecule has 170 valence electrons. The zero-order chi connectivity index (χ0) is 23.6. The minimum atomic E-state index is -4.66. The van der Waals surface area contributed by atoms with Crippen LogP contribution in [0.25, 0.3) is 16.8 Å². The van der Waals surface area contributed by atoms with Gasteiger partial charge in [0.15, 0.2) is 5.82 Å². The van der Waals surface area contributed by atoms with Crippen molar-refractivity contribution in [3.05, 3.63) is 83.7 Å². The average molecular weight is 455 g/mol. The normalized spacial score (nSPS) is 12.6. The van der Waals surface area contributed by atoms with Crippen molar-refractivity contribution in [2.45, 2.75) is 18.7 Å². The zero-order valence-corrected chi connectivity index (χ0v) is 17.3. The van der Waals surface area contributed by atoms with E-state index >= 15 is 0 Å². The molecule has 7 nitrogen and oxygen atoms in total. The number of alkyl halides is 3. The number of nitrogens with two attached hydrogens (primary N) is 1. The lowest BCUT2D eigenvalue weighted by atomic mass is 10.1. The summed E-state index contributed by atoms with van der Waals surface area (Å²) in [6, 6.07) is 16.2. The quantitative estimate of drug-likeness (QED) is 0.410. The van der Waals surface area contributed by atoms with Crippen LogP contribution in [0.4, 0.5) is 19.0 Å². The number of anilines is 1. The second-order valence-electron chi connectivity index (χ2n) is 7.40. The number of aliphatic hydroxyl groups excluding tert-OH is 1. The first kappa shape index (κ1) is 22.3. The van der Waals surface area contributed by atoms with E-state index in [1.54, 1.807) is 30.3 Å². The molecule has 0 bridgehead atoms. The van der Waals surface area contributed by atoms with Gasteiger partial charge in [-0.15, -0.1) is 0 Å². The molecule has 0 spiro atoms. The number of nitrogens with one attached hydrogen (secondary N) is 1. The standard InChI is InChI=1S/C23H20F3N5O2/c24-23(25,26)17-12-18(31-20(17)21(27)29-13-30-31)15-7-4-8-16(11-15)22(33)28-10-9-19(32)14-5-2-1-3-6-14/h1-8,11-13,19,32H,9-10H2,(H,28,33)(H2,27,29,30). The summed E-state index contributed by atoms with van der Waals surface area (Å²) in [6.45, 7) is 0.217. The lowest BCUT2D eigenvalue weighted by Gasteiger charge is -2.12. The first-order chi connectivity index (χ1) is 15.8. The number of hydrogen-bond donors (Lipinski definition) is 3. The van der Waals surface area contributed by atoms with Gasteiger partial charge < -0.3 is 16.2 Å². The Morgan fingerprint density at radius 2 is 1.88 bits per heavy atom. The van der Waals surface area contributed by atoms with Gasteiger partial charge in [-0.25, -0.2) is 9.50 Å².